The van der Waals surface area contributed by atoms with E-state index in [4.69, 9.17) is 5.73 Å². The molecule has 0 aliphatic heterocycles. The zero-order chi connectivity index (χ0) is 12.5. The third-order valence-electron chi connectivity index (χ3n) is 2.61. The first-order chi connectivity index (χ1) is 8.02. The fourth-order valence-corrected chi connectivity index (χ4v) is 1.70. The standard InChI is InChI=1S/C12H11F3N2/c13-12(14,15)9(7-16)11-6-5-8-3-1-2-4-10(8)17-11/h1-6,9H,7,16H2. The molecule has 0 amide bonds. The van der Waals surface area contributed by atoms with E-state index in [-0.39, 0.29) is 5.69 Å². The molecule has 2 aromatic rings. The lowest BCUT2D eigenvalue weighted by atomic mass is 10.0. The van der Waals surface area contributed by atoms with E-state index < -0.39 is 18.6 Å². The normalized spacial score (nSPS) is 13.9. The summed E-state index contributed by atoms with van der Waals surface area (Å²) < 4.78 is 38.1. The lowest BCUT2D eigenvalue weighted by Gasteiger charge is -2.18. The summed E-state index contributed by atoms with van der Waals surface area (Å²) in [4.78, 5) is 4.01. The van der Waals surface area contributed by atoms with Crippen LogP contribution in [0.2, 0.25) is 0 Å². The third kappa shape index (κ3) is 2.39. The van der Waals surface area contributed by atoms with Gasteiger partial charge in [-0.25, -0.2) is 0 Å². The Bertz CT molecular complexity index is 522. The van der Waals surface area contributed by atoms with Crippen molar-refractivity contribution in [3.63, 3.8) is 0 Å². The number of hydrogen-bond acceptors (Lipinski definition) is 2. The van der Waals surface area contributed by atoms with Crippen molar-refractivity contribution in [1.29, 1.82) is 0 Å². The molecule has 2 N–H and O–H groups in total. The van der Waals surface area contributed by atoms with E-state index in [1.165, 1.54) is 6.07 Å². The molecule has 1 unspecified atom stereocenters. The van der Waals surface area contributed by atoms with Crippen LogP contribution in [0.3, 0.4) is 0 Å². The molecule has 0 radical (unpaired) electrons. The first-order valence-electron chi connectivity index (χ1n) is 5.15. The molecule has 17 heavy (non-hydrogen) atoms. The number of hydrogen-bond donors (Lipinski definition) is 1. The average Bonchev–Trinajstić information content (AvgIpc) is 2.28. The maximum Gasteiger partial charge on any atom is 0.398 e. The number of benzene rings is 1. The molecule has 1 heterocycles. The molecule has 1 aromatic heterocycles. The highest BCUT2D eigenvalue weighted by Gasteiger charge is 2.40. The number of alkyl halides is 3. The molecule has 2 rings (SSSR count). The van der Waals surface area contributed by atoms with Gasteiger partial charge < -0.3 is 5.73 Å². The van der Waals surface area contributed by atoms with E-state index >= 15 is 0 Å². The maximum absolute atomic E-state index is 12.7. The van der Waals surface area contributed by atoms with Crippen LogP contribution >= 0.6 is 0 Å². The van der Waals surface area contributed by atoms with E-state index in [2.05, 4.69) is 4.98 Å². The second kappa shape index (κ2) is 4.33. The summed E-state index contributed by atoms with van der Waals surface area (Å²) in [6.45, 7) is -0.491. The summed E-state index contributed by atoms with van der Waals surface area (Å²) in [5.74, 6) is -1.70. The minimum absolute atomic E-state index is 0.0290. The topological polar surface area (TPSA) is 38.9 Å². The summed E-state index contributed by atoms with van der Waals surface area (Å²) in [5, 5.41) is 0.814. The van der Waals surface area contributed by atoms with E-state index in [1.807, 2.05) is 6.07 Å². The quantitative estimate of drug-likeness (QED) is 0.876. The summed E-state index contributed by atoms with van der Waals surface area (Å²) >= 11 is 0. The number of halogens is 3. The fraction of sp³-hybridized carbons (Fsp3) is 0.250. The number of rotatable bonds is 2. The van der Waals surface area contributed by atoms with E-state index in [1.54, 1.807) is 24.3 Å². The van der Waals surface area contributed by atoms with Crippen LogP contribution in [0, 0.1) is 0 Å². The Morgan fingerprint density at radius 3 is 2.47 bits per heavy atom. The molecule has 0 saturated heterocycles. The van der Waals surface area contributed by atoms with Gasteiger partial charge in [-0.3, -0.25) is 4.98 Å². The zero-order valence-corrected chi connectivity index (χ0v) is 8.91. The Morgan fingerprint density at radius 2 is 1.82 bits per heavy atom. The molecule has 2 nitrogen and oxygen atoms in total. The second-order valence-electron chi connectivity index (χ2n) is 3.76. The molecule has 1 atom stereocenters. The van der Waals surface area contributed by atoms with Crippen molar-refractivity contribution >= 4 is 10.9 Å². The molecular formula is C12H11F3N2. The molecule has 0 aliphatic rings. The number of nitrogens with two attached hydrogens (primary N) is 1. The van der Waals surface area contributed by atoms with Gasteiger partial charge in [0.05, 0.1) is 11.2 Å². The van der Waals surface area contributed by atoms with Crippen molar-refractivity contribution in [2.75, 3.05) is 6.54 Å². The van der Waals surface area contributed by atoms with Gasteiger partial charge in [0, 0.05) is 11.9 Å². The van der Waals surface area contributed by atoms with Crippen molar-refractivity contribution < 1.29 is 13.2 Å². The minimum atomic E-state index is -4.36. The van der Waals surface area contributed by atoms with Crippen LogP contribution in [0.1, 0.15) is 11.6 Å². The van der Waals surface area contributed by atoms with Crippen LogP contribution in [-0.4, -0.2) is 17.7 Å². The number of para-hydroxylation sites is 1. The Balaban J connectivity index is 2.48. The second-order valence-corrected chi connectivity index (χ2v) is 3.76. The van der Waals surface area contributed by atoms with Gasteiger partial charge in [0.1, 0.15) is 5.92 Å². The molecular weight excluding hydrogens is 229 g/mol. The van der Waals surface area contributed by atoms with Crippen molar-refractivity contribution in [3.8, 4) is 0 Å². The number of pyridine rings is 1. The van der Waals surface area contributed by atoms with Gasteiger partial charge in [-0.15, -0.1) is 0 Å². The van der Waals surface area contributed by atoms with Crippen LogP contribution in [0.25, 0.3) is 10.9 Å². The fourth-order valence-electron chi connectivity index (χ4n) is 1.70. The van der Waals surface area contributed by atoms with Crippen LogP contribution in [0.15, 0.2) is 36.4 Å². The Hall–Kier alpha value is -1.62. The van der Waals surface area contributed by atoms with E-state index in [9.17, 15) is 13.2 Å². The monoisotopic (exact) mass is 240 g/mol. The largest absolute Gasteiger partial charge is 0.398 e. The predicted octanol–water partition coefficient (Wildman–Crippen LogP) is 2.84. The summed E-state index contributed by atoms with van der Waals surface area (Å²) in [5.41, 5.74) is 5.69. The van der Waals surface area contributed by atoms with Crippen molar-refractivity contribution in [2.45, 2.75) is 12.1 Å². The van der Waals surface area contributed by atoms with Crippen LogP contribution < -0.4 is 5.73 Å². The van der Waals surface area contributed by atoms with Crippen LogP contribution in [-0.2, 0) is 0 Å². The molecule has 0 fully saturated rings. The predicted molar refractivity (Wildman–Crippen MR) is 59.6 cm³/mol. The number of aromatic nitrogens is 1. The molecule has 90 valence electrons. The number of nitrogens with zero attached hydrogens (tertiary/aromatic N) is 1. The van der Waals surface area contributed by atoms with Gasteiger partial charge in [0.2, 0.25) is 0 Å². The van der Waals surface area contributed by atoms with Gasteiger partial charge in [-0.2, -0.15) is 13.2 Å². The van der Waals surface area contributed by atoms with Gasteiger partial charge >= 0.3 is 6.18 Å². The maximum atomic E-state index is 12.7. The zero-order valence-electron chi connectivity index (χ0n) is 8.91. The van der Waals surface area contributed by atoms with E-state index in [0.717, 1.165) is 5.39 Å². The first kappa shape index (κ1) is 11.9. The molecule has 0 saturated carbocycles. The van der Waals surface area contributed by atoms with Crippen LogP contribution in [0.5, 0.6) is 0 Å². The Labute approximate surface area is 96.3 Å². The van der Waals surface area contributed by atoms with Crippen molar-refractivity contribution in [2.24, 2.45) is 5.73 Å². The Kier molecular flexibility index (Phi) is 3.02. The first-order valence-corrected chi connectivity index (χ1v) is 5.15. The Morgan fingerprint density at radius 1 is 1.12 bits per heavy atom. The van der Waals surface area contributed by atoms with Gasteiger partial charge in [0.15, 0.2) is 0 Å². The molecule has 1 aromatic carbocycles. The lowest BCUT2D eigenvalue weighted by molar-refractivity contribution is -0.148. The smallest absolute Gasteiger partial charge is 0.329 e. The van der Waals surface area contributed by atoms with Crippen LogP contribution in [0.4, 0.5) is 13.2 Å². The molecule has 0 bridgehead atoms. The lowest BCUT2D eigenvalue weighted by Crippen LogP contribution is -2.28. The highest BCUT2D eigenvalue weighted by molar-refractivity contribution is 5.78. The highest BCUT2D eigenvalue weighted by atomic mass is 19.4. The SMILES string of the molecule is NCC(c1ccc2ccccc2n1)C(F)(F)F. The summed E-state index contributed by atoms with van der Waals surface area (Å²) in [7, 11) is 0. The molecule has 0 spiro atoms. The van der Waals surface area contributed by atoms with Gasteiger partial charge in [-0.1, -0.05) is 24.3 Å². The van der Waals surface area contributed by atoms with E-state index in [0.29, 0.717) is 5.52 Å². The van der Waals surface area contributed by atoms with Crippen molar-refractivity contribution in [1.82, 2.24) is 4.98 Å². The average molecular weight is 240 g/mol. The third-order valence-corrected chi connectivity index (χ3v) is 2.61. The van der Waals surface area contributed by atoms with Crippen molar-refractivity contribution in [3.05, 3.63) is 42.1 Å². The molecule has 5 heteroatoms. The van der Waals surface area contributed by atoms with Gasteiger partial charge in [0.25, 0.3) is 0 Å². The summed E-state index contributed by atoms with van der Waals surface area (Å²) in [6, 6.07) is 10.1. The summed E-state index contributed by atoms with van der Waals surface area (Å²) in [6.07, 6.45) is -4.36. The number of fused-ring (bicyclic) bond motifs is 1. The minimum Gasteiger partial charge on any atom is -0.329 e. The highest BCUT2D eigenvalue weighted by Crippen LogP contribution is 2.33. The van der Waals surface area contributed by atoms with Gasteiger partial charge in [-0.05, 0) is 12.1 Å². The molecule has 0 aliphatic carbocycles.